The average Bonchev–Trinajstić information content (AvgIpc) is 2.05. The van der Waals surface area contributed by atoms with Crippen LogP contribution >= 0.6 is 0 Å². The van der Waals surface area contributed by atoms with E-state index in [2.05, 4.69) is 10.3 Å². The van der Waals surface area contributed by atoms with Crippen LogP contribution in [0.3, 0.4) is 0 Å². The molecule has 74 valence electrons. The molecule has 0 atom stereocenters. The number of sulfone groups is 1. The van der Waals surface area contributed by atoms with E-state index in [0.29, 0.717) is 5.69 Å². The molecule has 0 aliphatic carbocycles. The SMILES string of the molecule is Cc1ccc2c(n1)S(=O)(=O)CC(=O)N2. The molecule has 0 saturated carbocycles. The van der Waals surface area contributed by atoms with Crippen molar-refractivity contribution < 1.29 is 13.2 Å². The fourth-order valence-electron chi connectivity index (χ4n) is 1.29. The summed E-state index contributed by atoms with van der Waals surface area (Å²) < 4.78 is 23.0. The zero-order valence-corrected chi connectivity index (χ0v) is 8.26. The van der Waals surface area contributed by atoms with Crippen LogP contribution in [0.15, 0.2) is 17.2 Å². The summed E-state index contributed by atoms with van der Waals surface area (Å²) in [4.78, 5) is 14.9. The molecular weight excluding hydrogens is 204 g/mol. The Morgan fingerprint density at radius 3 is 2.86 bits per heavy atom. The van der Waals surface area contributed by atoms with Crippen LogP contribution in [-0.2, 0) is 14.6 Å². The number of aromatic nitrogens is 1. The van der Waals surface area contributed by atoms with E-state index >= 15 is 0 Å². The number of carbonyl (C=O) groups excluding carboxylic acids is 1. The number of hydrogen-bond donors (Lipinski definition) is 1. The normalized spacial score (nSPS) is 18.5. The van der Waals surface area contributed by atoms with Gasteiger partial charge in [0.25, 0.3) is 0 Å². The number of rotatable bonds is 0. The van der Waals surface area contributed by atoms with Crippen molar-refractivity contribution in [1.82, 2.24) is 4.98 Å². The third kappa shape index (κ3) is 1.37. The molecule has 2 heterocycles. The van der Waals surface area contributed by atoms with Crippen molar-refractivity contribution in [1.29, 1.82) is 0 Å². The van der Waals surface area contributed by atoms with Gasteiger partial charge in [0.05, 0.1) is 5.69 Å². The first-order valence-corrected chi connectivity index (χ1v) is 5.64. The molecule has 1 aliphatic rings. The first kappa shape index (κ1) is 9.14. The van der Waals surface area contributed by atoms with Gasteiger partial charge in [-0.2, -0.15) is 0 Å². The van der Waals surface area contributed by atoms with Crippen LogP contribution in [0.4, 0.5) is 5.69 Å². The highest BCUT2D eigenvalue weighted by atomic mass is 32.2. The van der Waals surface area contributed by atoms with Crippen LogP contribution in [0.2, 0.25) is 0 Å². The largest absolute Gasteiger partial charge is 0.323 e. The Kier molecular flexibility index (Phi) is 1.81. The van der Waals surface area contributed by atoms with Gasteiger partial charge < -0.3 is 5.32 Å². The third-order valence-corrected chi connectivity index (χ3v) is 3.43. The van der Waals surface area contributed by atoms with Crippen molar-refractivity contribution in [3.05, 3.63) is 17.8 Å². The van der Waals surface area contributed by atoms with Crippen LogP contribution in [0, 0.1) is 6.92 Å². The molecule has 0 saturated heterocycles. The van der Waals surface area contributed by atoms with Crippen molar-refractivity contribution in [3.8, 4) is 0 Å². The van der Waals surface area contributed by atoms with Gasteiger partial charge in [-0.05, 0) is 19.1 Å². The summed E-state index contributed by atoms with van der Waals surface area (Å²) in [5.74, 6) is -1.03. The minimum Gasteiger partial charge on any atom is -0.323 e. The fourth-order valence-corrected chi connectivity index (χ4v) is 2.58. The molecule has 1 N–H and O–H groups in total. The van der Waals surface area contributed by atoms with E-state index in [1.54, 1.807) is 19.1 Å². The topological polar surface area (TPSA) is 76.1 Å². The summed E-state index contributed by atoms with van der Waals surface area (Å²) >= 11 is 0. The minimum atomic E-state index is -3.54. The number of pyridine rings is 1. The summed E-state index contributed by atoms with van der Waals surface area (Å²) in [6.45, 7) is 1.70. The Morgan fingerprint density at radius 2 is 2.14 bits per heavy atom. The maximum absolute atomic E-state index is 11.5. The van der Waals surface area contributed by atoms with E-state index in [1.165, 1.54) is 0 Å². The second-order valence-corrected chi connectivity index (χ2v) is 5.02. The third-order valence-electron chi connectivity index (χ3n) is 1.89. The predicted octanol–water partition coefficient (Wildman–Crippen LogP) is 0.116. The average molecular weight is 212 g/mol. The highest BCUT2D eigenvalue weighted by Gasteiger charge is 2.29. The summed E-state index contributed by atoms with van der Waals surface area (Å²) in [6.07, 6.45) is 0. The van der Waals surface area contributed by atoms with E-state index in [0.717, 1.165) is 0 Å². The maximum atomic E-state index is 11.5. The zero-order valence-electron chi connectivity index (χ0n) is 7.44. The lowest BCUT2D eigenvalue weighted by Crippen LogP contribution is -2.30. The molecule has 0 radical (unpaired) electrons. The minimum absolute atomic E-state index is 0.0305. The van der Waals surface area contributed by atoms with Gasteiger partial charge in [-0.3, -0.25) is 4.79 Å². The van der Waals surface area contributed by atoms with Gasteiger partial charge in [0.2, 0.25) is 15.7 Å². The van der Waals surface area contributed by atoms with E-state index < -0.39 is 21.5 Å². The number of fused-ring (bicyclic) bond motifs is 1. The van der Waals surface area contributed by atoms with Gasteiger partial charge in [-0.25, -0.2) is 13.4 Å². The van der Waals surface area contributed by atoms with Gasteiger partial charge in [-0.1, -0.05) is 0 Å². The molecular formula is C8H8N2O3S. The van der Waals surface area contributed by atoms with Crippen LogP contribution in [-0.4, -0.2) is 25.1 Å². The Hall–Kier alpha value is -1.43. The Morgan fingerprint density at radius 1 is 1.43 bits per heavy atom. The molecule has 5 nitrogen and oxygen atoms in total. The molecule has 1 aromatic heterocycles. The number of carbonyl (C=O) groups is 1. The Balaban J connectivity index is 2.71. The number of nitrogens with zero attached hydrogens (tertiary/aromatic N) is 1. The highest BCUT2D eigenvalue weighted by molar-refractivity contribution is 7.92. The van der Waals surface area contributed by atoms with Gasteiger partial charge in [0.1, 0.15) is 5.75 Å². The number of nitrogens with one attached hydrogen (secondary N) is 1. The summed E-state index contributed by atoms with van der Waals surface area (Å²) in [5, 5.41) is 2.43. The summed E-state index contributed by atoms with van der Waals surface area (Å²) in [5.41, 5.74) is 0.885. The maximum Gasteiger partial charge on any atom is 0.240 e. The second-order valence-electron chi connectivity index (χ2n) is 3.11. The molecule has 2 rings (SSSR count). The quantitative estimate of drug-likeness (QED) is 0.662. The van der Waals surface area contributed by atoms with Crippen LogP contribution in [0.1, 0.15) is 5.69 Å². The summed E-state index contributed by atoms with van der Waals surface area (Å²) in [6, 6.07) is 3.20. The second kappa shape index (κ2) is 2.78. The Bertz CT molecular complexity index is 507. The highest BCUT2D eigenvalue weighted by Crippen LogP contribution is 2.24. The molecule has 1 aromatic rings. The lowest BCUT2D eigenvalue weighted by Gasteiger charge is -2.15. The van der Waals surface area contributed by atoms with Crippen molar-refractivity contribution >= 4 is 21.4 Å². The standard InChI is InChI=1S/C8H8N2O3S/c1-5-2-3-6-8(9-5)14(12,13)4-7(11)10-6/h2-3H,4H2,1H3,(H,10,11). The molecule has 1 aliphatic heterocycles. The molecule has 0 spiro atoms. The first-order chi connectivity index (χ1) is 6.49. The number of aryl methyl sites for hydroxylation is 1. The van der Waals surface area contributed by atoms with Gasteiger partial charge in [-0.15, -0.1) is 0 Å². The molecule has 0 bridgehead atoms. The van der Waals surface area contributed by atoms with E-state index in [1.807, 2.05) is 0 Å². The van der Waals surface area contributed by atoms with Crippen molar-refractivity contribution in [2.75, 3.05) is 11.1 Å². The van der Waals surface area contributed by atoms with Gasteiger partial charge in [0, 0.05) is 5.69 Å². The van der Waals surface area contributed by atoms with E-state index in [9.17, 15) is 13.2 Å². The first-order valence-electron chi connectivity index (χ1n) is 3.99. The molecule has 1 amide bonds. The smallest absolute Gasteiger partial charge is 0.240 e. The van der Waals surface area contributed by atoms with Crippen molar-refractivity contribution in [2.45, 2.75) is 11.9 Å². The molecule has 6 heteroatoms. The number of anilines is 1. The van der Waals surface area contributed by atoms with Crippen molar-refractivity contribution in [3.63, 3.8) is 0 Å². The zero-order chi connectivity index (χ0) is 10.3. The van der Waals surface area contributed by atoms with Crippen molar-refractivity contribution in [2.24, 2.45) is 0 Å². The molecule has 0 unspecified atom stereocenters. The summed E-state index contributed by atoms with van der Waals surface area (Å²) in [7, 11) is -3.54. The monoisotopic (exact) mass is 212 g/mol. The molecule has 14 heavy (non-hydrogen) atoms. The number of hydrogen-bond acceptors (Lipinski definition) is 4. The predicted molar refractivity (Wildman–Crippen MR) is 49.7 cm³/mol. The fraction of sp³-hybridized carbons (Fsp3) is 0.250. The van der Waals surface area contributed by atoms with Gasteiger partial charge in [0.15, 0.2) is 5.03 Å². The van der Waals surface area contributed by atoms with E-state index in [-0.39, 0.29) is 10.7 Å². The van der Waals surface area contributed by atoms with Crippen LogP contribution in [0.25, 0.3) is 0 Å². The molecule has 0 aromatic carbocycles. The van der Waals surface area contributed by atoms with E-state index in [4.69, 9.17) is 0 Å². The van der Waals surface area contributed by atoms with Crippen LogP contribution < -0.4 is 5.32 Å². The van der Waals surface area contributed by atoms with Crippen LogP contribution in [0.5, 0.6) is 0 Å². The number of amides is 1. The molecule has 0 fully saturated rings. The lowest BCUT2D eigenvalue weighted by atomic mass is 10.3. The lowest BCUT2D eigenvalue weighted by molar-refractivity contribution is -0.114. The Labute approximate surface area is 81.1 Å². The van der Waals surface area contributed by atoms with Gasteiger partial charge >= 0.3 is 0 Å².